The zero-order valence-corrected chi connectivity index (χ0v) is 12.5. The summed E-state index contributed by atoms with van der Waals surface area (Å²) in [5.74, 6) is 1.35. The van der Waals surface area contributed by atoms with E-state index in [1.165, 1.54) is 0 Å². The summed E-state index contributed by atoms with van der Waals surface area (Å²) < 4.78 is 7.03. The first-order valence-corrected chi connectivity index (χ1v) is 7.62. The maximum atomic E-state index is 12.9. The molecule has 6 heteroatoms. The van der Waals surface area contributed by atoms with Gasteiger partial charge in [0.25, 0.3) is 5.91 Å². The van der Waals surface area contributed by atoms with Crippen LogP contribution in [-0.2, 0) is 6.54 Å². The molecule has 116 valence electrons. The summed E-state index contributed by atoms with van der Waals surface area (Å²) in [6.07, 6.45) is 7.18. The number of hydrogen-bond donors (Lipinski definition) is 0. The molecular weight excluding hydrogens is 292 g/mol. The van der Waals surface area contributed by atoms with E-state index in [2.05, 4.69) is 10.1 Å². The predicted octanol–water partition coefficient (Wildman–Crippen LogP) is 2.67. The molecule has 0 spiro atoms. The molecular formula is C17H16N4O2. The van der Waals surface area contributed by atoms with Gasteiger partial charge in [-0.15, -0.1) is 0 Å². The first-order valence-electron chi connectivity index (χ1n) is 7.62. The molecule has 0 unspecified atom stereocenters. The number of rotatable bonds is 5. The van der Waals surface area contributed by atoms with Gasteiger partial charge in [-0.3, -0.25) is 4.79 Å². The Kier molecular flexibility index (Phi) is 3.42. The van der Waals surface area contributed by atoms with Crippen molar-refractivity contribution < 1.29 is 9.21 Å². The van der Waals surface area contributed by atoms with Gasteiger partial charge in [0.05, 0.1) is 12.8 Å². The van der Waals surface area contributed by atoms with Gasteiger partial charge >= 0.3 is 0 Å². The first-order chi connectivity index (χ1) is 11.3. The van der Waals surface area contributed by atoms with Crippen molar-refractivity contribution in [1.82, 2.24) is 19.7 Å². The molecule has 1 saturated carbocycles. The molecule has 0 aliphatic heterocycles. The summed E-state index contributed by atoms with van der Waals surface area (Å²) >= 11 is 0. The highest BCUT2D eigenvalue weighted by Gasteiger charge is 2.34. The molecule has 1 aliphatic carbocycles. The molecule has 0 radical (unpaired) electrons. The van der Waals surface area contributed by atoms with Crippen molar-refractivity contribution in [2.75, 3.05) is 0 Å². The smallest absolute Gasteiger partial charge is 0.273 e. The second kappa shape index (κ2) is 5.72. The monoisotopic (exact) mass is 308 g/mol. The van der Waals surface area contributed by atoms with E-state index >= 15 is 0 Å². The first kappa shape index (κ1) is 13.8. The van der Waals surface area contributed by atoms with Crippen LogP contribution in [0.25, 0.3) is 5.82 Å². The van der Waals surface area contributed by atoms with E-state index in [0.717, 1.165) is 18.6 Å². The van der Waals surface area contributed by atoms with Gasteiger partial charge in [0.2, 0.25) is 0 Å². The van der Waals surface area contributed by atoms with Gasteiger partial charge < -0.3 is 9.32 Å². The van der Waals surface area contributed by atoms with Crippen LogP contribution in [0.1, 0.15) is 29.1 Å². The van der Waals surface area contributed by atoms with Crippen molar-refractivity contribution in [1.29, 1.82) is 0 Å². The van der Waals surface area contributed by atoms with E-state index in [4.69, 9.17) is 4.42 Å². The lowest BCUT2D eigenvalue weighted by Crippen LogP contribution is -2.33. The van der Waals surface area contributed by atoms with Crippen molar-refractivity contribution in [3.63, 3.8) is 0 Å². The van der Waals surface area contributed by atoms with Crippen LogP contribution in [0, 0.1) is 0 Å². The Hall–Kier alpha value is -2.89. The highest BCUT2D eigenvalue weighted by atomic mass is 16.3. The van der Waals surface area contributed by atoms with E-state index in [0.29, 0.717) is 18.1 Å². The third kappa shape index (κ3) is 2.88. The Labute approximate surface area is 133 Å². The number of furan rings is 1. The second-order valence-electron chi connectivity index (χ2n) is 5.58. The Morgan fingerprint density at radius 3 is 2.87 bits per heavy atom. The number of carbonyl (C=O) groups excluding carboxylic acids is 1. The van der Waals surface area contributed by atoms with Crippen molar-refractivity contribution in [2.45, 2.75) is 25.4 Å². The number of carbonyl (C=O) groups is 1. The summed E-state index contributed by atoms with van der Waals surface area (Å²) in [6.45, 7) is 0.476. The maximum absolute atomic E-state index is 12.9. The highest BCUT2D eigenvalue weighted by molar-refractivity contribution is 5.92. The van der Waals surface area contributed by atoms with Crippen LogP contribution < -0.4 is 0 Å². The van der Waals surface area contributed by atoms with Gasteiger partial charge in [0.1, 0.15) is 11.5 Å². The second-order valence-corrected chi connectivity index (χ2v) is 5.58. The fourth-order valence-electron chi connectivity index (χ4n) is 2.54. The molecule has 1 fully saturated rings. The number of nitrogens with zero attached hydrogens (tertiary/aromatic N) is 4. The average molecular weight is 308 g/mol. The Balaban J connectivity index is 1.60. The minimum atomic E-state index is -0.0714. The molecule has 6 nitrogen and oxygen atoms in total. The molecule has 3 aromatic rings. The summed E-state index contributed by atoms with van der Waals surface area (Å²) in [5, 5.41) is 4.15. The number of aromatic nitrogens is 3. The predicted molar refractivity (Wildman–Crippen MR) is 83.0 cm³/mol. The van der Waals surface area contributed by atoms with Gasteiger partial charge in [-0.25, -0.2) is 9.67 Å². The molecule has 0 aromatic carbocycles. The quantitative estimate of drug-likeness (QED) is 0.727. The van der Waals surface area contributed by atoms with Gasteiger partial charge in [-0.05, 0) is 43.2 Å². The third-order valence-electron chi connectivity index (χ3n) is 3.85. The van der Waals surface area contributed by atoms with Crippen LogP contribution in [0.2, 0.25) is 0 Å². The van der Waals surface area contributed by atoms with Crippen molar-refractivity contribution >= 4 is 5.91 Å². The van der Waals surface area contributed by atoms with Crippen LogP contribution in [-0.4, -0.2) is 31.6 Å². The SMILES string of the molecule is O=C(c1cccc(-n2cccn2)n1)N(Cc1ccco1)C1CC1. The number of amides is 1. The van der Waals surface area contributed by atoms with E-state index < -0.39 is 0 Å². The topological polar surface area (TPSA) is 64.2 Å². The zero-order valence-electron chi connectivity index (χ0n) is 12.5. The molecule has 0 saturated heterocycles. The number of pyridine rings is 1. The lowest BCUT2D eigenvalue weighted by Gasteiger charge is -2.21. The third-order valence-corrected chi connectivity index (χ3v) is 3.85. The summed E-state index contributed by atoms with van der Waals surface area (Å²) in [7, 11) is 0. The van der Waals surface area contributed by atoms with E-state index in [1.54, 1.807) is 29.4 Å². The van der Waals surface area contributed by atoms with Crippen molar-refractivity contribution in [2.24, 2.45) is 0 Å². The van der Waals surface area contributed by atoms with Gasteiger partial charge in [-0.2, -0.15) is 5.10 Å². The molecule has 0 bridgehead atoms. The molecule has 1 aliphatic rings. The van der Waals surface area contributed by atoms with E-state index in [1.807, 2.05) is 35.2 Å². The van der Waals surface area contributed by atoms with Crippen LogP contribution >= 0.6 is 0 Å². The fraction of sp³-hybridized carbons (Fsp3) is 0.235. The van der Waals surface area contributed by atoms with Gasteiger partial charge in [0.15, 0.2) is 5.82 Å². The lowest BCUT2D eigenvalue weighted by atomic mass is 10.2. The lowest BCUT2D eigenvalue weighted by molar-refractivity contribution is 0.0711. The minimum Gasteiger partial charge on any atom is -0.467 e. The van der Waals surface area contributed by atoms with E-state index in [9.17, 15) is 4.79 Å². The van der Waals surface area contributed by atoms with Crippen molar-refractivity contribution in [3.05, 3.63) is 66.5 Å². The normalized spacial score (nSPS) is 13.9. The van der Waals surface area contributed by atoms with Crippen LogP contribution in [0.4, 0.5) is 0 Å². The van der Waals surface area contributed by atoms with Gasteiger partial charge in [-0.1, -0.05) is 6.07 Å². The number of hydrogen-bond acceptors (Lipinski definition) is 4. The summed E-state index contributed by atoms with van der Waals surface area (Å²) in [4.78, 5) is 19.2. The van der Waals surface area contributed by atoms with Crippen LogP contribution in [0.3, 0.4) is 0 Å². The largest absolute Gasteiger partial charge is 0.467 e. The maximum Gasteiger partial charge on any atom is 0.273 e. The van der Waals surface area contributed by atoms with Crippen LogP contribution in [0.5, 0.6) is 0 Å². The average Bonchev–Trinajstić information content (AvgIpc) is 3.05. The Bertz CT molecular complexity index is 792. The Morgan fingerprint density at radius 1 is 1.26 bits per heavy atom. The fourth-order valence-corrected chi connectivity index (χ4v) is 2.54. The summed E-state index contributed by atoms with van der Waals surface area (Å²) in [5.41, 5.74) is 0.427. The minimum absolute atomic E-state index is 0.0714. The molecule has 3 aromatic heterocycles. The molecule has 1 amide bonds. The Morgan fingerprint density at radius 2 is 2.17 bits per heavy atom. The zero-order chi connectivity index (χ0) is 15.6. The molecule has 3 heterocycles. The molecule has 0 N–H and O–H groups in total. The molecule has 23 heavy (non-hydrogen) atoms. The highest BCUT2D eigenvalue weighted by Crippen LogP contribution is 2.29. The standard InChI is InChI=1S/C17H16N4O2/c22-17(20(13-7-8-13)12-14-4-2-11-23-14)15-5-1-6-16(19-15)21-10-3-9-18-21/h1-6,9-11,13H,7-8,12H2. The van der Waals surface area contributed by atoms with E-state index in [-0.39, 0.29) is 11.9 Å². The van der Waals surface area contributed by atoms with Gasteiger partial charge in [0, 0.05) is 18.4 Å². The summed E-state index contributed by atoms with van der Waals surface area (Å²) in [6, 6.07) is 11.2. The molecule has 0 atom stereocenters. The van der Waals surface area contributed by atoms with Crippen molar-refractivity contribution in [3.8, 4) is 5.82 Å². The molecule has 4 rings (SSSR count). The van der Waals surface area contributed by atoms with Crippen LogP contribution in [0.15, 0.2) is 59.5 Å².